The summed E-state index contributed by atoms with van der Waals surface area (Å²) in [7, 11) is 0. The first-order valence-corrected chi connectivity index (χ1v) is 12.1. The molecule has 0 bridgehead atoms. The van der Waals surface area contributed by atoms with E-state index in [2.05, 4.69) is 9.98 Å². The molecular weight excluding hydrogens is 512 g/mol. The number of nitrogens with zero attached hydrogens (tertiary/aromatic N) is 2. The van der Waals surface area contributed by atoms with E-state index in [1.807, 2.05) is 0 Å². The second-order valence-corrected chi connectivity index (χ2v) is 10.0. The quantitative estimate of drug-likeness (QED) is 0.543. The fourth-order valence-corrected chi connectivity index (χ4v) is 6.35. The summed E-state index contributed by atoms with van der Waals surface area (Å²) in [6.45, 7) is 0.000317. The molecule has 7 nitrogen and oxygen atoms in total. The Bertz CT molecular complexity index is 1230. The number of aliphatic imine (C=N–C) groups is 2. The predicted molar refractivity (Wildman–Crippen MR) is 134 cm³/mol. The molecule has 1 aliphatic heterocycles. The molecule has 2 N–H and O–H groups in total. The second kappa shape index (κ2) is 10.7. The molecule has 2 aromatic rings. The van der Waals surface area contributed by atoms with Gasteiger partial charge in [0.1, 0.15) is 30.4 Å². The maximum absolute atomic E-state index is 14.0. The monoisotopic (exact) mass is 535 g/mol. The van der Waals surface area contributed by atoms with E-state index >= 15 is 0 Å². The molecule has 2 saturated carbocycles. The number of thioether (sulfide) groups is 1. The zero-order valence-corrected chi connectivity index (χ0v) is 20.6. The van der Waals surface area contributed by atoms with Crippen LogP contribution in [0.3, 0.4) is 0 Å². The van der Waals surface area contributed by atoms with E-state index in [0.717, 1.165) is 0 Å². The summed E-state index contributed by atoms with van der Waals surface area (Å²) in [6.07, 6.45) is 1.94. The Balaban J connectivity index is 0.00000304. The lowest BCUT2D eigenvalue weighted by atomic mass is 9.91. The van der Waals surface area contributed by atoms with E-state index < -0.39 is 40.9 Å². The Morgan fingerprint density at radius 2 is 1.64 bits per heavy atom. The number of benzene rings is 2. The highest BCUT2D eigenvalue weighted by Gasteiger charge is 2.74. The van der Waals surface area contributed by atoms with Gasteiger partial charge >= 0.3 is 11.9 Å². The Morgan fingerprint density at radius 1 is 1.03 bits per heavy atom. The maximum atomic E-state index is 14.0. The van der Waals surface area contributed by atoms with Crippen LogP contribution in [-0.4, -0.2) is 40.7 Å². The van der Waals surface area contributed by atoms with Gasteiger partial charge in [0, 0.05) is 28.5 Å². The van der Waals surface area contributed by atoms with Crippen LogP contribution in [0.5, 0.6) is 0 Å². The van der Waals surface area contributed by atoms with Crippen molar-refractivity contribution < 1.29 is 27.8 Å². The van der Waals surface area contributed by atoms with Crippen molar-refractivity contribution in [2.75, 3.05) is 6.54 Å². The van der Waals surface area contributed by atoms with Crippen molar-refractivity contribution in [3.8, 4) is 0 Å². The zero-order chi connectivity index (χ0) is 24.6. The third-order valence-electron chi connectivity index (χ3n) is 6.70. The van der Waals surface area contributed by atoms with Gasteiger partial charge in [0.05, 0.1) is 12.5 Å². The van der Waals surface area contributed by atoms with Crippen LogP contribution in [0.4, 0.5) is 8.78 Å². The van der Waals surface area contributed by atoms with Gasteiger partial charge in [-0.3, -0.25) is 14.6 Å². The second-order valence-electron chi connectivity index (χ2n) is 8.83. The maximum Gasteiger partial charge on any atom is 0.326 e. The average Bonchev–Trinajstić information content (AvgIpc) is 3.27. The predicted octanol–water partition coefficient (Wildman–Crippen LogP) is 3.68. The lowest BCUT2D eigenvalue weighted by Gasteiger charge is -2.27. The molecule has 36 heavy (non-hydrogen) atoms. The first-order chi connectivity index (χ1) is 16.9. The molecule has 5 rings (SSSR count). The zero-order valence-electron chi connectivity index (χ0n) is 19.0. The molecule has 11 heteroatoms. The molecule has 3 aliphatic rings. The molecule has 0 spiro atoms. The third-order valence-corrected chi connectivity index (χ3v) is 7.93. The van der Waals surface area contributed by atoms with Crippen molar-refractivity contribution in [3.63, 3.8) is 0 Å². The van der Waals surface area contributed by atoms with Crippen LogP contribution >= 0.6 is 24.2 Å². The molecular formula is C25H24ClF2N3O4S. The van der Waals surface area contributed by atoms with Gasteiger partial charge in [0.25, 0.3) is 0 Å². The van der Waals surface area contributed by atoms with E-state index in [4.69, 9.17) is 15.2 Å². The molecule has 0 unspecified atom stereocenters. The van der Waals surface area contributed by atoms with Crippen molar-refractivity contribution >= 4 is 47.5 Å². The number of nitrogens with two attached hydrogens (primary N) is 1. The number of fused-ring (bicyclic) bond motifs is 1. The van der Waals surface area contributed by atoms with Gasteiger partial charge in [-0.05, 0) is 24.5 Å². The summed E-state index contributed by atoms with van der Waals surface area (Å²) in [5.74, 6) is -3.56. The molecule has 2 fully saturated rings. The van der Waals surface area contributed by atoms with Gasteiger partial charge in [0.2, 0.25) is 0 Å². The molecule has 0 aromatic heterocycles. The van der Waals surface area contributed by atoms with Crippen molar-refractivity contribution in [2.45, 2.75) is 30.4 Å². The summed E-state index contributed by atoms with van der Waals surface area (Å²) in [4.78, 5) is 34.6. The molecule has 1 heterocycles. The van der Waals surface area contributed by atoms with Crippen LogP contribution in [-0.2, 0) is 32.3 Å². The number of hydrogen-bond acceptors (Lipinski definition) is 8. The van der Waals surface area contributed by atoms with Crippen molar-refractivity contribution in [1.82, 2.24) is 0 Å². The first-order valence-electron chi connectivity index (χ1n) is 11.2. The SMILES string of the molecule is Cl.N[C@@]1(C(=O)OCc2ccccc2F)C[C@H](SC2=NCC=N2)[C@H]2[C@H](C(=O)OCc3ccccc3F)[C@H]21. The van der Waals surface area contributed by atoms with Gasteiger partial charge < -0.3 is 15.2 Å². The van der Waals surface area contributed by atoms with Crippen LogP contribution in [0.1, 0.15) is 17.5 Å². The minimum absolute atomic E-state index is 0. The van der Waals surface area contributed by atoms with E-state index in [9.17, 15) is 18.4 Å². The summed E-state index contributed by atoms with van der Waals surface area (Å²) in [5.41, 5.74) is 5.63. The number of amidine groups is 1. The minimum Gasteiger partial charge on any atom is -0.460 e. The summed E-state index contributed by atoms with van der Waals surface area (Å²) >= 11 is 1.38. The van der Waals surface area contributed by atoms with Gasteiger partial charge in [-0.2, -0.15) is 0 Å². The lowest BCUT2D eigenvalue weighted by Crippen LogP contribution is -2.51. The van der Waals surface area contributed by atoms with E-state index in [1.165, 1.54) is 30.0 Å². The lowest BCUT2D eigenvalue weighted by molar-refractivity contribution is -0.153. The van der Waals surface area contributed by atoms with Gasteiger partial charge in [0.15, 0.2) is 5.17 Å². The smallest absolute Gasteiger partial charge is 0.326 e. The van der Waals surface area contributed by atoms with Crippen molar-refractivity contribution in [3.05, 3.63) is 71.3 Å². The summed E-state index contributed by atoms with van der Waals surface area (Å²) in [6, 6.07) is 12.0. The number of ether oxygens (including phenoxy) is 2. The van der Waals surface area contributed by atoms with E-state index in [0.29, 0.717) is 11.7 Å². The number of hydrogen-bond donors (Lipinski definition) is 1. The highest BCUT2D eigenvalue weighted by atomic mass is 35.5. The fourth-order valence-electron chi connectivity index (χ4n) is 4.94. The minimum atomic E-state index is -1.45. The van der Waals surface area contributed by atoms with Gasteiger partial charge in [-0.25, -0.2) is 13.8 Å². The third kappa shape index (κ3) is 5.02. The molecule has 5 atom stereocenters. The van der Waals surface area contributed by atoms with E-state index in [1.54, 1.807) is 36.5 Å². The average molecular weight is 536 g/mol. The number of carbonyl (C=O) groups is 2. The van der Waals surface area contributed by atoms with E-state index in [-0.39, 0.29) is 54.3 Å². The van der Waals surface area contributed by atoms with Gasteiger partial charge in [-0.1, -0.05) is 48.2 Å². The topological polar surface area (TPSA) is 103 Å². The molecule has 0 radical (unpaired) electrons. The van der Waals surface area contributed by atoms with Crippen LogP contribution < -0.4 is 5.73 Å². The van der Waals surface area contributed by atoms with Crippen molar-refractivity contribution in [1.29, 1.82) is 0 Å². The molecule has 2 aromatic carbocycles. The van der Waals surface area contributed by atoms with Crippen LogP contribution in [0.2, 0.25) is 0 Å². The number of halogens is 3. The normalized spacial score (nSPS) is 27.6. The summed E-state index contributed by atoms with van der Waals surface area (Å²) in [5, 5.41) is 0.370. The van der Waals surface area contributed by atoms with Crippen LogP contribution in [0.15, 0.2) is 58.5 Å². The number of rotatable bonds is 7. The highest BCUT2D eigenvalue weighted by molar-refractivity contribution is 8.14. The standard InChI is InChI=1S/C25H23F2N3O4S.ClH/c26-16-7-3-1-5-14(16)12-33-22(31)20-19-18(35-24-29-9-10-30-24)11-25(28,21(19)20)23(32)34-13-15-6-2-4-8-17(15)27;/h1-9,18-21H,10-13,28H2;1H/t18-,19-,20-,21-,25-;/m0./s1. The number of esters is 2. The highest BCUT2D eigenvalue weighted by Crippen LogP contribution is 2.65. The fraction of sp³-hybridized carbons (Fsp3) is 0.360. The first kappa shape index (κ1) is 26.2. The largest absolute Gasteiger partial charge is 0.460 e. The number of carbonyl (C=O) groups excluding carboxylic acids is 2. The molecule has 0 saturated heterocycles. The van der Waals surface area contributed by atoms with Gasteiger partial charge in [-0.15, -0.1) is 12.4 Å². The molecule has 0 amide bonds. The van der Waals surface area contributed by atoms with Crippen LogP contribution in [0.25, 0.3) is 0 Å². The van der Waals surface area contributed by atoms with Crippen molar-refractivity contribution in [2.24, 2.45) is 33.5 Å². The summed E-state index contributed by atoms with van der Waals surface area (Å²) < 4.78 is 38.7. The Morgan fingerprint density at radius 3 is 2.22 bits per heavy atom. The molecule has 2 aliphatic carbocycles. The Hall–Kier alpha value is -2.82. The molecule has 190 valence electrons. The Labute approximate surface area is 217 Å². The Kier molecular flexibility index (Phi) is 7.77. The van der Waals surface area contributed by atoms with Crippen LogP contribution in [0, 0.1) is 29.4 Å².